The molecule has 0 saturated heterocycles. The van der Waals surface area contributed by atoms with Crippen molar-refractivity contribution in [2.45, 2.75) is 71.9 Å². The van der Waals surface area contributed by atoms with E-state index >= 15 is 0 Å². The highest BCUT2D eigenvalue weighted by Gasteiger charge is 2.34. The number of aryl methyl sites for hydroxylation is 2. The molecule has 0 fully saturated rings. The molecule has 0 N–H and O–H groups in total. The van der Waals surface area contributed by atoms with Crippen molar-refractivity contribution in [1.82, 2.24) is 4.90 Å². The van der Waals surface area contributed by atoms with Crippen LogP contribution in [0.2, 0.25) is 0 Å². The number of benzene rings is 5. The number of hydrogen-bond donors (Lipinski definition) is 0. The van der Waals surface area contributed by atoms with Crippen LogP contribution in [0.5, 0.6) is 5.75 Å². The maximum absolute atomic E-state index is 6.66. The van der Waals surface area contributed by atoms with Gasteiger partial charge in [-0.15, -0.1) is 0 Å². The van der Waals surface area contributed by atoms with Crippen molar-refractivity contribution < 1.29 is 4.74 Å². The molecule has 1 unspecified atom stereocenters. The average molecular weight is 600 g/mol. The third-order valence-electron chi connectivity index (χ3n) is 8.78. The molecular weight excluding hydrogens is 553 g/mol. The van der Waals surface area contributed by atoms with Crippen molar-refractivity contribution in [3.63, 3.8) is 0 Å². The van der Waals surface area contributed by atoms with Gasteiger partial charge in [0.05, 0.1) is 0 Å². The summed E-state index contributed by atoms with van der Waals surface area (Å²) in [4.78, 5) is 2.59. The van der Waals surface area contributed by atoms with E-state index in [1.807, 2.05) is 0 Å². The first-order chi connectivity index (χ1) is 21.5. The molecule has 0 bridgehead atoms. The summed E-state index contributed by atoms with van der Waals surface area (Å²) in [5.41, 5.74) is 9.24. The molecule has 0 radical (unpaired) electrons. The number of ether oxygens (including phenoxy) is 1. The quantitative estimate of drug-likeness (QED) is 0.118. The molecule has 0 spiro atoms. The van der Waals surface area contributed by atoms with E-state index in [-0.39, 0.29) is 5.16 Å². The zero-order chi connectivity index (χ0) is 30.8. The second kappa shape index (κ2) is 15.3. The molecule has 0 aliphatic carbocycles. The molecule has 44 heavy (non-hydrogen) atoms. The minimum atomic E-state index is -0.0113. The van der Waals surface area contributed by atoms with Crippen LogP contribution in [0.4, 0.5) is 0 Å². The summed E-state index contributed by atoms with van der Waals surface area (Å²) in [6.45, 7) is 12.5. The Balaban J connectivity index is 1.48. The Morgan fingerprint density at radius 3 is 1.66 bits per heavy atom. The molecule has 5 aromatic rings. The highest BCUT2D eigenvalue weighted by atomic mass is 31.1. The Hall–Kier alpha value is -3.71. The van der Waals surface area contributed by atoms with Gasteiger partial charge in [0.25, 0.3) is 0 Å². The molecule has 5 rings (SSSR count). The molecular formula is C41H46NOP. The lowest BCUT2D eigenvalue weighted by Gasteiger charge is -2.36. The van der Waals surface area contributed by atoms with Crippen LogP contribution in [0.15, 0.2) is 127 Å². The average Bonchev–Trinajstić information content (AvgIpc) is 3.06. The van der Waals surface area contributed by atoms with Gasteiger partial charge in [0.2, 0.25) is 0 Å². The first-order valence-electron chi connectivity index (χ1n) is 15.9. The predicted molar refractivity (Wildman–Crippen MR) is 189 cm³/mol. The third kappa shape index (κ3) is 7.86. The van der Waals surface area contributed by atoms with Crippen molar-refractivity contribution >= 4 is 13.9 Å². The summed E-state index contributed by atoms with van der Waals surface area (Å²) < 4.78 is 6.66. The first kappa shape index (κ1) is 31.7. The van der Waals surface area contributed by atoms with Crippen molar-refractivity contribution in [2.75, 3.05) is 0 Å². The standard InChI is InChI=1S/C41H46NOP/c1-5-41(6-2,38-27-17-18-32(3)39(38)43-31-36-24-14-9-15-25-36)44-40-33(4)19-16-26-37(40)30-42(28-34-20-10-7-11-21-34)29-35-22-12-8-13-23-35/h7-27,44H,5-6,28-31H2,1-4H3. The Morgan fingerprint density at radius 1 is 0.568 bits per heavy atom. The van der Waals surface area contributed by atoms with Gasteiger partial charge in [-0.2, -0.15) is 0 Å². The van der Waals surface area contributed by atoms with Gasteiger partial charge in [-0.25, -0.2) is 0 Å². The van der Waals surface area contributed by atoms with Gasteiger partial charge in [0.1, 0.15) is 12.4 Å². The van der Waals surface area contributed by atoms with Gasteiger partial charge < -0.3 is 4.74 Å². The lowest BCUT2D eigenvalue weighted by Crippen LogP contribution is -2.28. The smallest absolute Gasteiger partial charge is 0.126 e. The van der Waals surface area contributed by atoms with Gasteiger partial charge in [-0.05, 0) is 65.4 Å². The monoisotopic (exact) mass is 599 g/mol. The van der Waals surface area contributed by atoms with Crippen molar-refractivity contribution in [1.29, 1.82) is 0 Å². The molecule has 0 aromatic heterocycles. The SMILES string of the molecule is CCC(CC)(Pc1c(C)cccc1CN(Cc1ccccc1)Cc1ccccc1)c1cccc(C)c1OCc1ccccc1. The zero-order valence-electron chi connectivity index (χ0n) is 26.7. The Bertz CT molecular complexity index is 1560. The first-order valence-corrected chi connectivity index (χ1v) is 16.9. The maximum atomic E-state index is 6.66. The lowest BCUT2D eigenvalue weighted by molar-refractivity contribution is 0.248. The van der Waals surface area contributed by atoms with Crippen LogP contribution in [-0.4, -0.2) is 4.90 Å². The van der Waals surface area contributed by atoms with Gasteiger partial charge >= 0.3 is 0 Å². The summed E-state index contributed by atoms with van der Waals surface area (Å²) in [6.07, 6.45) is 2.11. The molecule has 0 aliphatic rings. The number of para-hydroxylation sites is 1. The van der Waals surface area contributed by atoms with Crippen LogP contribution >= 0.6 is 8.58 Å². The molecule has 226 valence electrons. The molecule has 3 heteroatoms. The fraction of sp³-hybridized carbons (Fsp3) is 0.268. The van der Waals surface area contributed by atoms with Crippen LogP contribution in [-0.2, 0) is 31.4 Å². The molecule has 0 saturated carbocycles. The summed E-state index contributed by atoms with van der Waals surface area (Å²) in [5.74, 6) is 1.05. The zero-order valence-corrected chi connectivity index (χ0v) is 27.7. The molecule has 1 atom stereocenters. The largest absolute Gasteiger partial charge is 0.488 e. The molecule has 0 aliphatic heterocycles. The lowest BCUT2D eigenvalue weighted by atomic mass is 9.90. The van der Waals surface area contributed by atoms with Crippen LogP contribution in [0.1, 0.15) is 65.6 Å². The van der Waals surface area contributed by atoms with Gasteiger partial charge in [-0.1, -0.05) is 150 Å². The van der Waals surface area contributed by atoms with Crippen LogP contribution in [0.3, 0.4) is 0 Å². The highest BCUT2D eigenvalue weighted by molar-refractivity contribution is 7.48. The summed E-state index contributed by atoms with van der Waals surface area (Å²) in [5, 5.41) is 1.49. The van der Waals surface area contributed by atoms with Crippen LogP contribution < -0.4 is 10.0 Å². The van der Waals surface area contributed by atoms with E-state index in [1.165, 1.54) is 44.2 Å². The van der Waals surface area contributed by atoms with E-state index in [0.717, 1.165) is 38.2 Å². The van der Waals surface area contributed by atoms with E-state index in [9.17, 15) is 0 Å². The van der Waals surface area contributed by atoms with Crippen LogP contribution in [0, 0.1) is 13.8 Å². The van der Waals surface area contributed by atoms with Crippen molar-refractivity contribution in [3.05, 3.63) is 166 Å². The molecule has 0 heterocycles. The second-order valence-electron chi connectivity index (χ2n) is 11.9. The van der Waals surface area contributed by atoms with E-state index in [0.29, 0.717) is 15.2 Å². The highest BCUT2D eigenvalue weighted by Crippen LogP contribution is 2.51. The molecule has 2 nitrogen and oxygen atoms in total. The fourth-order valence-corrected chi connectivity index (χ4v) is 7.96. The number of rotatable bonds is 14. The third-order valence-corrected chi connectivity index (χ3v) is 11.2. The van der Waals surface area contributed by atoms with E-state index < -0.39 is 0 Å². The Labute approximate surface area is 266 Å². The van der Waals surface area contributed by atoms with Crippen molar-refractivity contribution in [2.24, 2.45) is 0 Å². The number of nitrogens with zero attached hydrogens (tertiary/aromatic N) is 1. The van der Waals surface area contributed by atoms with Gasteiger partial charge in [-0.3, -0.25) is 4.90 Å². The summed E-state index contributed by atoms with van der Waals surface area (Å²) >= 11 is 0. The molecule has 5 aromatic carbocycles. The second-order valence-corrected chi connectivity index (χ2v) is 13.6. The van der Waals surface area contributed by atoms with Gasteiger partial charge in [0, 0.05) is 30.4 Å². The predicted octanol–water partition coefficient (Wildman–Crippen LogP) is 10.1. The van der Waals surface area contributed by atoms with E-state index in [4.69, 9.17) is 4.74 Å². The van der Waals surface area contributed by atoms with E-state index in [2.05, 4.69) is 160 Å². The van der Waals surface area contributed by atoms with Crippen LogP contribution in [0.25, 0.3) is 0 Å². The summed E-state index contributed by atoms with van der Waals surface area (Å²) in [7, 11) is 0.633. The maximum Gasteiger partial charge on any atom is 0.126 e. The Morgan fingerprint density at radius 2 is 1.09 bits per heavy atom. The Kier molecular flexibility index (Phi) is 11.1. The molecule has 0 amide bonds. The summed E-state index contributed by atoms with van der Waals surface area (Å²) in [6, 6.07) is 45.9. The minimum absolute atomic E-state index is 0.0113. The van der Waals surface area contributed by atoms with Crippen molar-refractivity contribution in [3.8, 4) is 5.75 Å². The van der Waals surface area contributed by atoms with E-state index in [1.54, 1.807) is 0 Å². The minimum Gasteiger partial charge on any atom is -0.488 e. The normalized spacial score (nSPS) is 11.8. The fourth-order valence-electron chi connectivity index (χ4n) is 6.20. The van der Waals surface area contributed by atoms with Gasteiger partial charge in [0.15, 0.2) is 0 Å². The number of hydrogen-bond acceptors (Lipinski definition) is 2. The topological polar surface area (TPSA) is 12.5 Å².